The minimum absolute atomic E-state index is 0.0292. The second-order valence-electron chi connectivity index (χ2n) is 21.1. The Balaban J connectivity index is 3.51. The summed E-state index contributed by atoms with van der Waals surface area (Å²) in [5.41, 5.74) is 0. The van der Waals surface area contributed by atoms with Gasteiger partial charge in [-0.15, -0.1) is 0 Å². The quantitative estimate of drug-likeness (QED) is 0.0244. The maximum atomic E-state index is 12.5. The number of nitrogens with one attached hydrogen (secondary N) is 1. The van der Waals surface area contributed by atoms with E-state index in [1.165, 1.54) is 205 Å². The van der Waals surface area contributed by atoms with Crippen molar-refractivity contribution in [1.29, 1.82) is 0 Å². The largest absolute Gasteiger partial charge is 0.466 e. The zero-order valence-electron chi connectivity index (χ0n) is 46.7. The number of carbonyl (C=O) groups excluding carboxylic acids is 2. The molecule has 410 valence electrons. The number of unbranched alkanes of at least 4 members (excludes halogenated alkanes) is 39. The van der Waals surface area contributed by atoms with Crippen molar-refractivity contribution in [3.63, 3.8) is 0 Å². The molecule has 0 aromatic heterocycles. The van der Waals surface area contributed by atoms with E-state index in [-0.39, 0.29) is 18.5 Å². The van der Waals surface area contributed by atoms with Gasteiger partial charge in [-0.2, -0.15) is 0 Å². The first-order chi connectivity index (χ1) is 34.5. The van der Waals surface area contributed by atoms with Crippen LogP contribution < -0.4 is 5.32 Å². The van der Waals surface area contributed by atoms with Gasteiger partial charge in [0.05, 0.1) is 25.4 Å². The second kappa shape index (κ2) is 59.4. The van der Waals surface area contributed by atoms with Gasteiger partial charge in [0.15, 0.2) is 0 Å². The Labute approximate surface area is 436 Å². The first-order valence-corrected chi connectivity index (χ1v) is 30.9. The van der Waals surface area contributed by atoms with E-state index < -0.39 is 12.1 Å². The molecule has 0 bridgehead atoms. The molecule has 0 aliphatic rings. The summed E-state index contributed by atoms with van der Waals surface area (Å²) in [4.78, 5) is 24.6. The van der Waals surface area contributed by atoms with E-state index >= 15 is 0 Å². The predicted molar refractivity (Wildman–Crippen MR) is 306 cm³/mol. The number of aliphatic hydroxyl groups is 2. The lowest BCUT2D eigenvalue weighted by Gasteiger charge is -2.22. The van der Waals surface area contributed by atoms with Crippen LogP contribution >= 0.6 is 0 Å². The predicted octanol–water partition coefficient (Wildman–Crippen LogP) is 19.4. The highest BCUT2D eigenvalue weighted by Crippen LogP contribution is 2.17. The van der Waals surface area contributed by atoms with Crippen molar-refractivity contribution in [3.8, 4) is 0 Å². The first kappa shape index (κ1) is 67.8. The molecule has 0 aliphatic carbocycles. The molecule has 0 heterocycles. The summed E-state index contributed by atoms with van der Waals surface area (Å²) in [7, 11) is 0. The Morgan fingerprint density at radius 2 is 0.757 bits per heavy atom. The normalized spacial score (nSPS) is 12.9. The molecule has 0 spiro atoms. The van der Waals surface area contributed by atoms with Crippen molar-refractivity contribution in [1.82, 2.24) is 5.32 Å². The summed E-state index contributed by atoms with van der Waals surface area (Å²) < 4.78 is 5.45. The molecule has 0 saturated carbocycles. The summed E-state index contributed by atoms with van der Waals surface area (Å²) >= 11 is 0. The first-order valence-electron chi connectivity index (χ1n) is 30.9. The van der Waals surface area contributed by atoms with Gasteiger partial charge >= 0.3 is 5.97 Å². The molecule has 0 aromatic rings. The molecular formula is C64H119NO5. The molecule has 2 atom stereocenters. The molecule has 1 amide bonds. The van der Waals surface area contributed by atoms with Crippen molar-refractivity contribution in [2.75, 3.05) is 13.2 Å². The molecule has 70 heavy (non-hydrogen) atoms. The molecule has 6 nitrogen and oxygen atoms in total. The summed E-state index contributed by atoms with van der Waals surface area (Å²) in [5, 5.41) is 23.3. The fourth-order valence-electron chi connectivity index (χ4n) is 9.37. The van der Waals surface area contributed by atoms with Gasteiger partial charge in [-0.1, -0.05) is 268 Å². The van der Waals surface area contributed by atoms with Crippen LogP contribution in [0.15, 0.2) is 48.6 Å². The third-order valence-electron chi connectivity index (χ3n) is 14.1. The second-order valence-corrected chi connectivity index (χ2v) is 21.1. The van der Waals surface area contributed by atoms with Gasteiger partial charge in [0.1, 0.15) is 0 Å². The van der Waals surface area contributed by atoms with E-state index in [0.29, 0.717) is 25.9 Å². The van der Waals surface area contributed by atoms with Gasteiger partial charge in [-0.05, 0) is 89.9 Å². The average molecular weight is 983 g/mol. The third-order valence-corrected chi connectivity index (χ3v) is 14.1. The minimum Gasteiger partial charge on any atom is -0.466 e. The zero-order chi connectivity index (χ0) is 50.7. The number of hydrogen-bond donors (Lipinski definition) is 3. The van der Waals surface area contributed by atoms with Crippen LogP contribution in [0, 0.1) is 0 Å². The maximum Gasteiger partial charge on any atom is 0.305 e. The number of allylic oxidation sites excluding steroid dienone is 8. The summed E-state index contributed by atoms with van der Waals surface area (Å²) in [6, 6.07) is -0.560. The summed E-state index contributed by atoms with van der Waals surface area (Å²) in [5.74, 6) is -0.0851. The Morgan fingerprint density at radius 3 is 1.20 bits per heavy atom. The fourth-order valence-corrected chi connectivity index (χ4v) is 9.37. The lowest BCUT2D eigenvalue weighted by Crippen LogP contribution is -2.45. The van der Waals surface area contributed by atoms with Crippen LogP contribution in [0.2, 0.25) is 0 Å². The SMILES string of the molecule is CCCCC/C=C\C/C=C\CCCCCCCCCC(=O)OCCCCC/C=C\C=C/CCCCCCCCC(=O)NC(CO)C(O)CCCCCCCCCCCCCCCCCCCCCCC. The Bertz CT molecular complexity index is 1180. The van der Waals surface area contributed by atoms with E-state index in [0.717, 1.165) is 83.5 Å². The molecule has 3 N–H and O–H groups in total. The maximum absolute atomic E-state index is 12.5. The molecule has 0 aliphatic heterocycles. The molecule has 6 heteroatoms. The van der Waals surface area contributed by atoms with E-state index in [4.69, 9.17) is 4.74 Å². The van der Waals surface area contributed by atoms with Crippen LogP contribution in [-0.2, 0) is 14.3 Å². The number of amides is 1. The fraction of sp³-hybridized carbons (Fsp3) is 0.844. The van der Waals surface area contributed by atoms with E-state index in [1.807, 2.05) is 0 Å². The number of esters is 1. The highest BCUT2D eigenvalue weighted by atomic mass is 16.5. The number of hydrogen-bond acceptors (Lipinski definition) is 5. The van der Waals surface area contributed by atoms with Crippen molar-refractivity contribution in [3.05, 3.63) is 48.6 Å². The van der Waals surface area contributed by atoms with E-state index in [2.05, 4.69) is 67.8 Å². The minimum atomic E-state index is -0.681. The Morgan fingerprint density at radius 1 is 0.414 bits per heavy atom. The summed E-state index contributed by atoms with van der Waals surface area (Å²) in [6.07, 6.45) is 75.4. The standard InChI is InChI=1S/C64H119NO5/c1-3-5-7-9-11-13-15-17-19-21-22-23-24-26-28-32-36-40-44-48-52-56-62(67)61(60-66)65-63(68)57-53-49-45-41-37-33-29-27-31-35-39-43-47-51-55-59-70-64(69)58-54-50-46-42-38-34-30-25-20-18-16-14-12-10-8-6-4-2/h12,14,18,20,27,31,35,39,61-62,66-67H,3-11,13,15-17,19,21-26,28-30,32-34,36-38,40-60H2,1-2H3,(H,65,68)/b14-12-,20-18-,31-27-,39-35-. The molecule has 0 saturated heterocycles. The lowest BCUT2D eigenvalue weighted by molar-refractivity contribution is -0.143. The van der Waals surface area contributed by atoms with Crippen LogP contribution in [0.3, 0.4) is 0 Å². The van der Waals surface area contributed by atoms with Crippen LogP contribution in [0.5, 0.6) is 0 Å². The van der Waals surface area contributed by atoms with Gasteiger partial charge in [0.25, 0.3) is 0 Å². The van der Waals surface area contributed by atoms with Gasteiger partial charge < -0.3 is 20.3 Å². The van der Waals surface area contributed by atoms with Gasteiger partial charge in [0.2, 0.25) is 5.91 Å². The highest BCUT2D eigenvalue weighted by Gasteiger charge is 2.20. The van der Waals surface area contributed by atoms with E-state index in [1.54, 1.807) is 0 Å². The Kier molecular flexibility index (Phi) is 57.5. The van der Waals surface area contributed by atoms with Crippen molar-refractivity contribution in [2.24, 2.45) is 0 Å². The van der Waals surface area contributed by atoms with Gasteiger partial charge in [-0.3, -0.25) is 9.59 Å². The molecule has 2 unspecified atom stereocenters. The number of ether oxygens (including phenoxy) is 1. The van der Waals surface area contributed by atoms with Crippen molar-refractivity contribution in [2.45, 2.75) is 334 Å². The Hall–Kier alpha value is -2.18. The van der Waals surface area contributed by atoms with E-state index in [9.17, 15) is 19.8 Å². The van der Waals surface area contributed by atoms with Crippen LogP contribution in [0.1, 0.15) is 322 Å². The molecular weight excluding hydrogens is 863 g/mol. The highest BCUT2D eigenvalue weighted by molar-refractivity contribution is 5.76. The van der Waals surface area contributed by atoms with Crippen LogP contribution in [0.4, 0.5) is 0 Å². The third kappa shape index (κ3) is 55.1. The number of rotatable bonds is 57. The topological polar surface area (TPSA) is 95.9 Å². The lowest BCUT2D eigenvalue weighted by atomic mass is 10.0. The molecule has 0 rings (SSSR count). The van der Waals surface area contributed by atoms with Gasteiger partial charge in [-0.25, -0.2) is 0 Å². The number of carbonyl (C=O) groups is 2. The van der Waals surface area contributed by atoms with Crippen molar-refractivity contribution < 1.29 is 24.5 Å². The molecule has 0 fully saturated rings. The van der Waals surface area contributed by atoms with Crippen molar-refractivity contribution >= 4 is 11.9 Å². The smallest absolute Gasteiger partial charge is 0.305 e. The van der Waals surface area contributed by atoms with Crippen LogP contribution in [0.25, 0.3) is 0 Å². The molecule has 0 radical (unpaired) electrons. The monoisotopic (exact) mass is 982 g/mol. The summed E-state index contributed by atoms with van der Waals surface area (Å²) in [6.45, 7) is 4.88. The van der Waals surface area contributed by atoms with Gasteiger partial charge in [0, 0.05) is 12.8 Å². The molecule has 0 aromatic carbocycles. The number of aliphatic hydroxyl groups excluding tert-OH is 2. The average Bonchev–Trinajstić information content (AvgIpc) is 3.36. The zero-order valence-corrected chi connectivity index (χ0v) is 46.7. The van der Waals surface area contributed by atoms with Crippen LogP contribution in [-0.4, -0.2) is 47.4 Å².